The van der Waals surface area contributed by atoms with Crippen molar-refractivity contribution >= 4 is 52.9 Å². The molecule has 0 atom stereocenters. The highest BCUT2D eigenvalue weighted by molar-refractivity contribution is 5.99. The molecule has 1 aromatic heterocycles. The maximum atomic E-state index is 12.5. The third kappa shape index (κ3) is 6.83. The Labute approximate surface area is 217 Å². The van der Waals surface area contributed by atoms with Crippen molar-refractivity contribution in [2.75, 3.05) is 0 Å². The minimum absolute atomic E-state index is 0. The number of furan rings is 1. The van der Waals surface area contributed by atoms with Crippen LogP contribution in [0.3, 0.4) is 0 Å². The van der Waals surface area contributed by atoms with E-state index in [4.69, 9.17) is 25.4 Å². The van der Waals surface area contributed by atoms with Crippen LogP contribution in [0, 0.1) is 5.41 Å². The first-order chi connectivity index (χ1) is 17.3. The number of nitrogens with two attached hydrogens (primary N) is 1. The molecule has 0 aliphatic rings. The molecule has 5 N–H and O–H groups in total. The number of nitrogen functional groups attached to an aromatic ring is 1. The van der Waals surface area contributed by atoms with Crippen molar-refractivity contribution in [3.8, 4) is 5.75 Å². The Kier molecular flexibility index (Phi) is 8.44. The van der Waals surface area contributed by atoms with Crippen LogP contribution in [0.5, 0.6) is 5.75 Å². The molecule has 1 heterocycles. The molecule has 9 nitrogen and oxygen atoms in total. The number of amidine groups is 1. The molecule has 0 fully saturated rings. The van der Waals surface area contributed by atoms with Gasteiger partial charge in [-0.1, -0.05) is 30.3 Å². The number of carboxylic acids is 1. The lowest BCUT2D eigenvalue weighted by atomic mass is 10.1. The van der Waals surface area contributed by atoms with Crippen molar-refractivity contribution in [3.63, 3.8) is 0 Å². The summed E-state index contributed by atoms with van der Waals surface area (Å²) in [7, 11) is 0. The number of carboxylic acid groups (broad SMARTS) is 1. The van der Waals surface area contributed by atoms with Crippen LogP contribution in [-0.4, -0.2) is 28.8 Å². The molecule has 1 amide bonds. The van der Waals surface area contributed by atoms with Gasteiger partial charge in [0, 0.05) is 11.6 Å². The van der Waals surface area contributed by atoms with Gasteiger partial charge < -0.3 is 25.3 Å². The molecule has 0 aliphatic heterocycles. The summed E-state index contributed by atoms with van der Waals surface area (Å²) < 4.78 is 10.9. The van der Waals surface area contributed by atoms with Crippen LogP contribution in [0.1, 0.15) is 37.8 Å². The number of rotatable bonds is 8. The van der Waals surface area contributed by atoms with E-state index in [0.29, 0.717) is 22.6 Å². The number of ether oxygens (including phenoxy) is 1. The third-order valence-electron chi connectivity index (χ3n) is 5.22. The largest absolute Gasteiger partial charge is 0.478 e. The second-order valence-electron chi connectivity index (χ2n) is 7.77. The van der Waals surface area contributed by atoms with Crippen LogP contribution in [-0.2, 0) is 11.3 Å². The van der Waals surface area contributed by atoms with Gasteiger partial charge in [-0.25, -0.2) is 9.59 Å². The van der Waals surface area contributed by atoms with Gasteiger partial charge in [0.05, 0.1) is 12.1 Å². The fourth-order valence-electron chi connectivity index (χ4n) is 3.34. The van der Waals surface area contributed by atoms with E-state index in [1.54, 1.807) is 60.7 Å². The average molecular weight is 520 g/mol. The summed E-state index contributed by atoms with van der Waals surface area (Å²) >= 11 is 0. The van der Waals surface area contributed by atoms with Crippen molar-refractivity contribution in [1.29, 1.82) is 5.41 Å². The number of aromatic carboxylic acids is 1. The maximum Gasteiger partial charge on any atom is 0.379 e. The van der Waals surface area contributed by atoms with E-state index >= 15 is 0 Å². The molecule has 0 radical (unpaired) electrons. The van der Waals surface area contributed by atoms with Crippen LogP contribution >= 0.6 is 12.4 Å². The zero-order valence-electron chi connectivity index (χ0n) is 19.3. The number of halogens is 1. The fourth-order valence-corrected chi connectivity index (χ4v) is 3.34. The topological polar surface area (TPSA) is 156 Å². The Balaban J connectivity index is 0.00000380. The summed E-state index contributed by atoms with van der Waals surface area (Å²) in [6.45, 7) is 0.0584. The molecule has 0 unspecified atom stereocenters. The molecule has 0 aliphatic carbocycles. The number of nitrogens with one attached hydrogen (secondary N) is 2. The summed E-state index contributed by atoms with van der Waals surface area (Å²) in [5.41, 5.74) is 6.95. The van der Waals surface area contributed by atoms with Gasteiger partial charge in [-0.3, -0.25) is 10.2 Å². The SMILES string of the molecule is Cl.N=C(N)c1ccc2cc(OC(=O)c3ccc(CNC(=O)/C=C/c4ccc(C(=O)O)cc4)o3)ccc2c1. The Morgan fingerprint density at radius 2 is 1.62 bits per heavy atom. The molecule has 0 spiro atoms. The smallest absolute Gasteiger partial charge is 0.379 e. The summed E-state index contributed by atoms with van der Waals surface area (Å²) in [4.78, 5) is 35.4. The molecule has 188 valence electrons. The molecule has 3 aromatic carbocycles. The first-order valence-electron chi connectivity index (χ1n) is 10.8. The van der Waals surface area contributed by atoms with Crippen LogP contribution in [0.4, 0.5) is 0 Å². The Bertz CT molecular complexity index is 1510. The molecular weight excluding hydrogens is 498 g/mol. The monoisotopic (exact) mass is 519 g/mol. The second-order valence-corrected chi connectivity index (χ2v) is 7.77. The molecule has 4 aromatic rings. The van der Waals surface area contributed by atoms with E-state index in [1.807, 2.05) is 0 Å². The Hall–Kier alpha value is -4.89. The van der Waals surface area contributed by atoms with Gasteiger partial charge in [0.2, 0.25) is 11.7 Å². The number of amides is 1. The first-order valence-corrected chi connectivity index (χ1v) is 10.8. The van der Waals surface area contributed by atoms with Gasteiger partial charge in [-0.05, 0) is 64.9 Å². The van der Waals surface area contributed by atoms with Crippen LogP contribution in [0.2, 0.25) is 0 Å². The van der Waals surface area contributed by atoms with Crippen LogP contribution in [0.15, 0.2) is 83.3 Å². The summed E-state index contributed by atoms with van der Waals surface area (Å²) in [5, 5.41) is 20.8. The molecule has 0 saturated heterocycles. The zero-order valence-corrected chi connectivity index (χ0v) is 20.1. The average Bonchev–Trinajstić information content (AvgIpc) is 3.35. The maximum absolute atomic E-state index is 12.5. The van der Waals surface area contributed by atoms with Crippen LogP contribution < -0.4 is 15.8 Å². The van der Waals surface area contributed by atoms with Crippen LogP contribution in [0.25, 0.3) is 16.8 Å². The van der Waals surface area contributed by atoms with E-state index < -0.39 is 11.9 Å². The minimum Gasteiger partial charge on any atom is -0.478 e. The highest BCUT2D eigenvalue weighted by Gasteiger charge is 2.14. The third-order valence-corrected chi connectivity index (χ3v) is 5.22. The lowest BCUT2D eigenvalue weighted by Crippen LogP contribution is -2.19. The standard InChI is InChI=1S/C27H21N3O6.ClH/c28-25(29)20-7-6-19-14-21(9-8-18(19)13-20)36-27(34)23-11-10-22(35-23)15-30-24(31)12-3-16-1-4-17(5-2-16)26(32)33;/h1-14H,15H2,(H3,28,29)(H,30,31)(H,32,33);1H/b12-3+;. The molecular formula is C27H22ClN3O6. The summed E-state index contributed by atoms with van der Waals surface area (Å²) in [5.74, 6) is -1.44. The normalized spacial score (nSPS) is 10.6. The minimum atomic E-state index is -1.02. The summed E-state index contributed by atoms with van der Waals surface area (Å²) in [6, 6.07) is 19.5. The number of fused-ring (bicyclic) bond motifs is 1. The van der Waals surface area contributed by atoms with Crippen molar-refractivity contribution in [3.05, 3.63) is 107 Å². The summed E-state index contributed by atoms with van der Waals surface area (Å²) in [6.07, 6.45) is 2.86. The van der Waals surface area contributed by atoms with Crippen molar-refractivity contribution in [1.82, 2.24) is 5.32 Å². The van der Waals surface area contributed by atoms with E-state index in [0.717, 1.165) is 10.8 Å². The van der Waals surface area contributed by atoms with Gasteiger partial charge in [-0.15, -0.1) is 12.4 Å². The van der Waals surface area contributed by atoms with Gasteiger partial charge in [0.25, 0.3) is 0 Å². The van der Waals surface area contributed by atoms with Gasteiger partial charge in [0.15, 0.2) is 0 Å². The molecule has 37 heavy (non-hydrogen) atoms. The zero-order chi connectivity index (χ0) is 25.7. The molecule has 0 saturated carbocycles. The fraction of sp³-hybridized carbons (Fsp3) is 0.0370. The number of carbonyl (C=O) groups excluding carboxylic acids is 2. The number of benzene rings is 3. The highest BCUT2D eigenvalue weighted by atomic mass is 35.5. The predicted molar refractivity (Wildman–Crippen MR) is 140 cm³/mol. The van der Waals surface area contributed by atoms with E-state index in [1.165, 1.54) is 24.3 Å². The lowest BCUT2D eigenvalue weighted by molar-refractivity contribution is -0.116. The number of hydrogen-bond donors (Lipinski definition) is 4. The van der Waals surface area contributed by atoms with Gasteiger partial charge in [0.1, 0.15) is 17.3 Å². The van der Waals surface area contributed by atoms with E-state index in [2.05, 4.69) is 5.32 Å². The number of esters is 1. The van der Waals surface area contributed by atoms with E-state index in [9.17, 15) is 14.4 Å². The van der Waals surface area contributed by atoms with Gasteiger partial charge in [-0.2, -0.15) is 0 Å². The molecule has 0 bridgehead atoms. The first kappa shape index (κ1) is 26.7. The Morgan fingerprint density at radius 1 is 0.946 bits per heavy atom. The Morgan fingerprint density at radius 3 is 2.32 bits per heavy atom. The van der Waals surface area contributed by atoms with Crippen molar-refractivity contribution in [2.24, 2.45) is 5.73 Å². The second kappa shape index (κ2) is 11.7. The molecule has 4 rings (SSSR count). The lowest BCUT2D eigenvalue weighted by Gasteiger charge is -2.06. The number of hydrogen-bond acceptors (Lipinski definition) is 6. The van der Waals surface area contributed by atoms with Crippen molar-refractivity contribution < 1.29 is 28.6 Å². The van der Waals surface area contributed by atoms with Gasteiger partial charge >= 0.3 is 11.9 Å². The van der Waals surface area contributed by atoms with Crippen molar-refractivity contribution in [2.45, 2.75) is 6.54 Å². The number of carbonyl (C=O) groups is 3. The quantitative estimate of drug-likeness (QED) is 0.0884. The molecule has 10 heteroatoms. The predicted octanol–water partition coefficient (Wildman–Crippen LogP) is 4.39. The highest BCUT2D eigenvalue weighted by Crippen LogP contribution is 2.23. The van der Waals surface area contributed by atoms with E-state index in [-0.39, 0.29) is 42.0 Å².